The highest BCUT2D eigenvalue weighted by molar-refractivity contribution is 5.71. The van der Waals surface area contributed by atoms with Crippen LogP contribution in [0.4, 0.5) is 0 Å². The van der Waals surface area contributed by atoms with Gasteiger partial charge in [0.25, 0.3) is 0 Å². The number of carbonyl (C=O) groups is 3. The SMILES string of the molecule is CC/C=C\C/C=C\C/C=C\CCCCC(=O)OC(COC(=O)CCCCCCC/C=C\C/C=C\CC)COC(=O)CCCCCCCCC/C=C\C/C=C\CC. The lowest BCUT2D eigenvalue weighted by molar-refractivity contribution is -0.167. The van der Waals surface area contributed by atoms with Gasteiger partial charge in [-0.25, -0.2) is 0 Å². The van der Waals surface area contributed by atoms with Crippen LogP contribution in [0.2, 0.25) is 0 Å². The monoisotopic (exact) mass is 779 g/mol. The van der Waals surface area contributed by atoms with Crippen LogP contribution in [-0.4, -0.2) is 37.2 Å². The summed E-state index contributed by atoms with van der Waals surface area (Å²) in [7, 11) is 0. The zero-order valence-electron chi connectivity index (χ0n) is 36.1. The molecule has 0 aromatic carbocycles. The van der Waals surface area contributed by atoms with Gasteiger partial charge in [0, 0.05) is 19.3 Å². The summed E-state index contributed by atoms with van der Waals surface area (Å²) in [6.45, 7) is 6.23. The van der Waals surface area contributed by atoms with Gasteiger partial charge in [-0.05, 0) is 103 Å². The molecular formula is C50H82O6. The molecule has 0 spiro atoms. The summed E-state index contributed by atoms with van der Waals surface area (Å²) in [5.41, 5.74) is 0. The topological polar surface area (TPSA) is 78.9 Å². The molecule has 1 atom stereocenters. The van der Waals surface area contributed by atoms with Crippen molar-refractivity contribution < 1.29 is 28.6 Å². The molecule has 0 aromatic rings. The van der Waals surface area contributed by atoms with E-state index in [2.05, 4.69) is 106 Å². The van der Waals surface area contributed by atoms with E-state index in [1.54, 1.807) is 0 Å². The van der Waals surface area contributed by atoms with Gasteiger partial charge in [0.05, 0.1) is 0 Å². The zero-order chi connectivity index (χ0) is 40.8. The fourth-order valence-corrected chi connectivity index (χ4v) is 5.82. The maximum atomic E-state index is 12.7. The fraction of sp³-hybridized carbons (Fsp3) is 0.660. The minimum atomic E-state index is -0.803. The van der Waals surface area contributed by atoms with Crippen LogP contribution in [-0.2, 0) is 28.6 Å². The van der Waals surface area contributed by atoms with Crippen LogP contribution in [0.15, 0.2) is 85.1 Å². The molecule has 318 valence electrons. The summed E-state index contributed by atoms with van der Waals surface area (Å²) >= 11 is 0. The Balaban J connectivity index is 4.47. The molecule has 1 unspecified atom stereocenters. The van der Waals surface area contributed by atoms with E-state index < -0.39 is 6.10 Å². The summed E-state index contributed by atoms with van der Waals surface area (Å²) < 4.78 is 16.6. The average molecular weight is 779 g/mol. The third kappa shape index (κ3) is 41.7. The summed E-state index contributed by atoms with van der Waals surface area (Å²) in [6, 6.07) is 0. The van der Waals surface area contributed by atoms with Gasteiger partial charge >= 0.3 is 17.9 Å². The minimum Gasteiger partial charge on any atom is -0.462 e. The van der Waals surface area contributed by atoms with Crippen molar-refractivity contribution in [2.24, 2.45) is 0 Å². The fourth-order valence-electron chi connectivity index (χ4n) is 5.82. The highest BCUT2D eigenvalue weighted by atomic mass is 16.6. The lowest BCUT2D eigenvalue weighted by atomic mass is 10.1. The van der Waals surface area contributed by atoms with E-state index in [0.29, 0.717) is 19.3 Å². The number of unbranched alkanes of at least 4 members (excludes halogenated alkanes) is 14. The molecule has 0 aliphatic carbocycles. The minimum absolute atomic E-state index is 0.102. The molecule has 0 bridgehead atoms. The van der Waals surface area contributed by atoms with Crippen molar-refractivity contribution in [3.63, 3.8) is 0 Å². The normalized spacial score (nSPS) is 12.8. The van der Waals surface area contributed by atoms with Crippen molar-refractivity contribution in [1.29, 1.82) is 0 Å². The molecule has 56 heavy (non-hydrogen) atoms. The molecule has 6 nitrogen and oxygen atoms in total. The second-order valence-electron chi connectivity index (χ2n) is 14.5. The second-order valence-corrected chi connectivity index (χ2v) is 14.5. The van der Waals surface area contributed by atoms with Crippen molar-refractivity contribution in [3.8, 4) is 0 Å². The standard InChI is InChI=1S/C50H82O6/c1-4-7-10-13-16-19-22-25-26-29-31-34-37-40-43-49(52)55-46-47(56-50(53)44-41-38-35-32-28-24-21-18-15-12-9-6-3)45-54-48(51)42-39-36-33-30-27-23-20-17-14-11-8-5-2/h7-12,16-21,28,32,47H,4-6,13-15,22-27,29-31,33-46H2,1-3H3/b10-7-,11-8-,12-9-,19-16-,20-17-,21-18-,32-28-. The Hall–Kier alpha value is -3.41. The molecule has 0 saturated carbocycles. The van der Waals surface area contributed by atoms with E-state index in [1.807, 2.05) is 0 Å². The highest BCUT2D eigenvalue weighted by Crippen LogP contribution is 2.13. The van der Waals surface area contributed by atoms with Crippen LogP contribution in [0.1, 0.15) is 194 Å². The molecular weight excluding hydrogens is 697 g/mol. The van der Waals surface area contributed by atoms with Gasteiger partial charge in [0.2, 0.25) is 0 Å². The molecule has 0 aliphatic rings. The second kappa shape index (κ2) is 44.3. The van der Waals surface area contributed by atoms with E-state index in [-0.39, 0.29) is 37.5 Å². The van der Waals surface area contributed by atoms with Crippen LogP contribution >= 0.6 is 0 Å². The van der Waals surface area contributed by atoms with Crippen LogP contribution < -0.4 is 0 Å². The number of esters is 3. The summed E-state index contributed by atoms with van der Waals surface area (Å²) in [4.78, 5) is 37.7. The van der Waals surface area contributed by atoms with Crippen LogP contribution in [0.5, 0.6) is 0 Å². The van der Waals surface area contributed by atoms with Gasteiger partial charge in [-0.2, -0.15) is 0 Å². The Morgan fingerprint density at radius 1 is 0.357 bits per heavy atom. The van der Waals surface area contributed by atoms with Crippen molar-refractivity contribution in [3.05, 3.63) is 85.1 Å². The molecule has 0 saturated heterocycles. The molecule has 6 heteroatoms. The lowest BCUT2D eigenvalue weighted by Gasteiger charge is -2.18. The molecule has 0 N–H and O–H groups in total. The Kier molecular flexibility index (Phi) is 41.6. The van der Waals surface area contributed by atoms with Crippen LogP contribution in [0, 0.1) is 0 Å². The van der Waals surface area contributed by atoms with E-state index in [0.717, 1.165) is 122 Å². The van der Waals surface area contributed by atoms with Crippen LogP contribution in [0.25, 0.3) is 0 Å². The predicted octanol–water partition coefficient (Wildman–Crippen LogP) is 14.5. The van der Waals surface area contributed by atoms with Crippen molar-refractivity contribution in [2.75, 3.05) is 13.2 Å². The highest BCUT2D eigenvalue weighted by Gasteiger charge is 2.19. The molecule has 0 radical (unpaired) electrons. The molecule has 0 aliphatic heterocycles. The van der Waals surface area contributed by atoms with E-state index in [9.17, 15) is 14.4 Å². The van der Waals surface area contributed by atoms with Gasteiger partial charge in [-0.1, -0.05) is 157 Å². The first-order chi connectivity index (χ1) is 27.5. The largest absolute Gasteiger partial charge is 0.462 e. The summed E-state index contributed by atoms with van der Waals surface area (Å²) in [5.74, 6) is -0.974. The Bertz CT molecular complexity index is 1120. The van der Waals surface area contributed by atoms with Crippen LogP contribution in [0.3, 0.4) is 0 Å². The van der Waals surface area contributed by atoms with E-state index >= 15 is 0 Å². The Labute approximate surface area is 344 Å². The summed E-state index contributed by atoms with van der Waals surface area (Å²) in [5, 5.41) is 0. The van der Waals surface area contributed by atoms with Gasteiger partial charge < -0.3 is 14.2 Å². The molecule has 0 aromatic heterocycles. The third-order valence-electron chi connectivity index (χ3n) is 9.13. The van der Waals surface area contributed by atoms with Crippen molar-refractivity contribution in [2.45, 2.75) is 200 Å². The molecule has 0 amide bonds. The number of hydrogen-bond donors (Lipinski definition) is 0. The Morgan fingerprint density at radius 2 is 0.643 bits per heavy atom. The third-order valence-corrected chi connectivity index (χ3v) is 9.13. The maximum absolute atomic E-state index is 12.7. The van der Waals surface area contributed by atoms with Gasteiger partial charge in [0.1, 0.15) is 13.2 Å². The number of rotatable bonds is 39. The first-order valence-corrected chi connectivity index (χ1v) is 22.6. The van der Waals surface area contributed by atoms with E-state index in [1.165, 1.54) is 25.7 Å². The lowest BCUT2D eigenvalue weighted by Crippen LogP contribution is -2.30. The molecule has 0 fully saturated rings. The quantitative estimate of drug-likeness (QED) is 0.0268. The number of hydrogen-bond acceptors (Lipinski definition) is 6. The number of carbonyl (C=O) groups excluding carboxylic acids is 3. The first kappa shape index (κ1) is 52.6. The van der Waals surface area contributed by atoms with Gasteiger partial charge in [-0.3, -0.25) is 14.4 Å². The molecule has 0 rings (SSSR count). The molecule has 0 heterocycles. The maximum Gasteiger partial charge on any atom is 0.306 e. The predicted molar refractivity (Wildman–Crippen MR) is 237 cm³/mol. The smallest absolute Gasteiger partial charge is 0.306 e. The summed E-state index contributed by atoms with van der Waals surface area (Å²) in [6.07, 6.45) is 55.7. The van der Waals surface area contributed by atoms with Gasteiger partial charge in [-0.15, -0.1) is 0 Å². The van der Waals surface area contributed by atoms with Crippen molar-refractivity contribution >= 4 is 17.9 Å². The van der Waals surface area contributed by atoms with Crippen molar-refractivity contribution in [1.82, 2.24) is 0 Å². The first-order valence-electron chi connectivity index (χ1n) is 22.6. The number of ether oxygens (including phenoxy) is 3. The van der Waals surface area contributed by atoms with Gasteiger partial charge in [0.15, 0.2) is 6.10 Å². The zero-order valence-corrected chi connectivity index (χ0v) is 36.1. The average Bonchev–Trinajstić information content (AvgIpc) is 3.19. The number of allylic oxidation sites excluding steroid dienone is 14. The Morgan fingerprint density at radius 3 is 1.04 bits per heavy atom. The van der Waals surface area contributed by atoms with E-state index in [4.69, 9.17) is 14.2 Å².